The second-order valence-corrected chi connectivity index (χ2v) is 4.61. The molecular weight excluding hydrogens is 249 g/mol. The van der Waals surface area contributed by atoms with E-state index in [1.807, 2.05) is 13.8 Å². The number of phenolic OH excluding ortho intramolecular Hbond substituents is 1. The Kier molecular flexibility index (Phi) is 4.05. The van der Waals surface area contributed by atoms with E-state index in [1.165, 1.54) is 6.07 Å². The van der Waals surface area contributed by atoms with Gasteiger partial charge in [-0.2, -0.15) is 0 Å². The molecule has 1 amide bonds. The van der Waals surface area contributed by atoms with Crippen LogP contribution in [-0.2, 0) is 0 Å². The molecular formula is C11H13Cl2NO2. The van der Waals surface area contributed by atoms with Crippen LogP contribution in [0.2, 0.25) is 10.0 Å². The van der Waals surface area contributed by atoms with Crippen LogP contribution in [0, 0.1) is 6.92 Å². The number of phenols is 1. The normalized spacial score (nSPS) is 10.6. The number of rotatable bonds is 2. The van der Waals surface area contributed by atoms with Crippen molar-refractivity contribution < 1.29 is 9.90 Å². The van der Waals surface area contributed by atoms with Crippen LogP contribution in [0.15, 0.2) is 6.07 Å². The minimum atomic E-state index is -0.301. The Labute approximate surface area is 104 Å². The summed E-state index contributed by atoms with van der Waals surface area (Å²) in [7, 11) is 0. The first-order valence-corrected chi connectivity index (χ1v) is 5.58. The first-order chi connectivity index (χ1) is 7.34. The summed E-state index contributed by atoms with van der Waals surface area (Å²) in [5.74, 6) is -0.391. The maximum absolute atomic E-state index is 11.8. The maximum atomic E-state index is 11.8. The van der Waals surface area contributed by atoms with Gasteiger partial charge in [0.15, 0.2) is 0 Å². The highest BCUT2D eigenvalue weighted by Gasteiger charge is 2.17. The number of hydrogen-bond donors (Lipinski definition) is 2. The van der Waals surface area contributed by atoms with E-state index in [2.05, 4.69) is 5.32 Å². The average molecular weight is 262 g/mol. The lowest BCUT2D eigenvalue weighted by Crippen LogP contribution is -2.30. The lowest BCUT2D eigenvalue weighted by Gasteiger charge is -2.12. The zero-order valence-corrected chi connectivity index (χ0v) is 10.8. The monoisotopic (exact) mass is 261 g/mol. The first-order valence-electron chi connectivity index (χ1n) is 4.83. The van der Waals surface area contributed by atoms with Crippen molar-refractivity contribution >= 4 is 29.1 Å². The van der Waals surface area contributed by atoms with Gasteiger partial charge in [0.1, 0.15) is 5.75 Å². The molecule has 0 fully saturated rings. The molecule has 1 aromatic rings. The number of hydrogen-bond acceptors (Lipinski definition) is 2. The van der Waals surface area contributed by atoms with Crippen LogP contribution < -0.4 is 5.32 Å². The third-order valence-corrected chi connectivity index (χ3v) is 2.86. The maximum Gasteiger partial charge on any atom is 0.253 e. The molecule has 88 valence electrons. The van der Waals surface area contributed by atoms with Crippen molar-refractivity contribution in [1.29, 1.82) is 0 Å². The molecule has 0 unspecified atom stereocenters. The molecule has 0 aliphatic rings. The molecule has 0 bridgehead atoms. The number of halogens is 2. The minimum Gasteiger partial charge on any atom is -0.506 e. The molecule has 1 aromatic carbocycles. The number of carbonyl (C=O) groups is 1. The molecule has 0 atom stereocenters. The van der Waals surface area contributed by atoms with E-state index in [4.69, 9.17) is 23.2 Å². The topological polar surface area (TPSA) is 49.3 Å². The zero-order valence-electron chi connectivity index (χ0n) is 9.27. The van der Waals surface area contributed by atoms with Crippen molar-refractivity contribution in [2.24, 2.45) is 0 Å². The Balaban J connectivity index is 3.20. The molecule has 0 aliphatic carbocycles. The smallest absolute Gasteiger partial charge is 0.253 e. The molecule has 0 saturated heterocycles. The zero-order chi connectivity index (χ0) is 12.5. The van der Waals surface area contributed by atoms with Crippen molar-refractivity contribution in [2.75, 3.05) is 0 Å². The molecule has 0 radical (unpaired) electrons. The highest BCUT2D eigenvalue weighted by molar-refractivity contribution is 6.37. The number of amides is 1. The predicted octanol–water partition coefficient (Wildman–Crippen LogP) is 3.15. The first kappa shape index (κ1) is 13.1. The number of nitrogens with one attached hydrogen (secondary N) is 1. The fourth-order valence-electron chi connectivity index (χ4n) is 1.25. The Hall–Kier alpha value is -0.930. The molecule has 0 heterocycles. The summed E-state index contributed by atoms with van der Waals surface area (Å²) in [6, 6.07) is 1.38. The molecule has 1 rings (SSSR count). The summed E-state index contributed by atoms with van der Waals surface area (Å²) in [5, 5.41) is 12.6. The van der Waals surface area contributed by atoms with Gasteiger partial charge in [0.2, 0.25) is 0 Å². The Bertz CT molecular complexity index is 430. The van der Waals surface area contributed by atoms with Crippen molar-refractivity contribution in [3.63, 3.8) is 0 Å². The Morgan fingerprint density at radius 1 is 1.44 bits per heavy atom. The molecule has 2 N–H and O–H groups in total. The average Bonchev–Trinajstić information content (AvgIpc) is 2.19. The number of carbonyl (C=O) groups excluding carboxylic acids is 1. The summed E-state index contributed by atoms with van der Waals surface area (Å²) < 4.78 is 0. The van der Waals surface area contributed by atoms with Crippen LogP contribution in [0.5, 0.6) is 5.75 Å². The van der Waals surface area contributed by atoms with E-state index in [0.717, 1.165) is 0 Å². The van der Waals surface area contributed by atoms with E-state index >= 15 is 0 Å². The third-order valence-electron chi connectivity index (χ3n) is 2.08. The van der Waals surface area contributed by atoms with Gasteiger partial charge >= 0.3 is 0 Å². The van der Waals surface area contributed by atoms with Gasteiger partial charge in [0.25, 0.3) is 5.91 Å². The fourth-order valence-corrected chi connectivity index (χ4v) is 1.73. The van der Waals surface area contributed by atoms with Crippen molar-refractivity contribution in [2.45, 2.75) is 26.8 Å². The van der Waals surface area contributed by atoms with Crippen LogP contribution in [0.4, 0.5) is 0 Å². The minimum absolute atomic E-state index is 0.0106. The van der Waals surface area contributed by atoms with Gasteiger partial charge in [0, 0.05) is 11.6 Å². The molecule has 3 nitrogen and oxygen atoms in total. The standard InChI is InChI=1S/C11H13Cl2NO2/c1-5(2)14-11(16)7-4-8(12)10(15)6(3)9(7)13/h4-5,15H,1-3H3,(H,14,16). The summed E-state index contributed by atoms with van der Waals surface area (Å²) in [6.45, 7) is 5.30. The summed E-state index contributed by atoms with van der Waals surface area (Å²) >= 11 is 11.8. The van der Waals surface area contributed by atoms with Gasteiger partial charge in [0.05, 0.1) is 15.6 Å². The lowest BCUT2D eigenvalue weighted by atomic mass is 10.1. The Morgan fingerprint density at radius 3 is 2.50 bits per heavy atom. The highest BCUT2D eigenvalue weighted by Crippen LogP contribution is 2.35. The largest absolute Gasteiger partial charge is 0.506 e. The second kappa shape index (κ2) is 4.93. The molecule has 16 heavy (non-hydrogen) atoms. The van der Waals surface area contributed by atoms with Gasteiger partial charge in [-0.1, -0.05) is 23.2 Å². The van der Waals surface area contributed by atoms with Crippen LogP contribution in [0.25, 0.3) is 0 Å². The van der Waals surface area contributed by atoms with Crippen molar-refractivity contribution in [1.82, 2.24) is 5.32 Å². The second-order valence-electron chi connectivity index (χ2n) is 3.82. The quantitative estimate of drug-likeness (QED) is 0.860. The van der Waals surface area contributed by atoms with Crippen LogP contribution in [-0.4, -0.2) is 17.1 Å². The number of benzene rings is 1. The van der Waals surface area contributed by atoms with Crippen molar-refractivity contribution in [3.05, 3.63) is 27.2 Å². The lowest BCUT2D eigenvalue weighted by molar-refractivity contribution is 0.0943. The van der Waals surface area contributed by atoms with E-state index in [9.17, 15) is 9.90 Å². The summed E-state index contributed by atoms with van der Waals surface area (Å²) in [6.07, 6.45) is 0. The molecule has 0 spiro atoms. The van der Waals surface area contributed by atoms with Crippen LogP contribution in [0.1, 0.15) is 29.8 Å². The van der Waals surface area contributed by atoms with Gasteiger partial charge < -0.3 is 10.4 Å². The van der Waals surface area contributed by atoms with E-state index < -0.39 is 0 Å². The molecule has 0 saturated carbocycles. The van der Waals surface area contributed by atoms with Crippen LogP contribution in [0.3, 0.4) is 0 Å². The SMILES string of the molecule is Cc1c(O)c(Cl)cc(C(=O)NC(C)C)c1Cl. The number of aromatic hydroxyl groups is 1. The molecule has 5 heteroatoms. The molecule has 0 aliphatic heterocycles. The summed E-state index contributed by atoms with van der Waals surface area (Å²) in [4.78, 5) is 11.8. The Morgan fingerprint density at radius 2 is 2.00 bits per heavy atom. The molecule has 0 aromatic heterocycles. The van der Waals surface area contributed by atoms with Gasteiger partial charge in [-0.15, -0.1) is 0 Å². The van der Waals surface area contributed by atoms with E-state index in [1.54, 1.807) is 6.92 Å². The third kappa shape index (κ3) is 2.60. The van der Waals surface area contributed by atoms with Gasteiger partial charge in [-0.25, -0.2) is 0 Å². The van der Waals surface area contributed by atoms with Crippen LogP contribution >= 0.6 is 23.2 Å². The fraction of sp³-hybridized carbons (Fsp3) is 0.364. The van der Waals surface area contributed by atoms with E-state index in [0.29, 0.717) is 5.56 Å². The predicted molar refractivity (Wildman–Crippen MR) is 65.5 cm³/mol. The van der Waals surface area contributed by atoms with Gasteiger partial charge in [-0.05, 0) is 26.8 Å². The van der Waals surface area contributed by atoms with Gasteiger partial charge in [-0.3, -0.25) is 4.79 Å². The van der Waals surface area contributed by atoms with E-state index in [-0.39, 0.29) is 33.3 Å². The van der Waals surface area contributed by atoms with Crippen molar-refractivity contribution in [3.8, 4) is 5.75 Å². The highest BCUT2D eigenvalue weighted by atomic mass is 35.5. The summed E-state index contributed by atoms with van der Waals surface area (Å²) in [5.41, 5.74) is 0.679.